The fourth-order valence-corrected chi connectivity index (χ4v) is 4.21. The van der Waals surface area contributed by atoms with E-state index in [9.17, 15) is 13.2 Å². The van der Waals surface area contributed by atoms with Gasteiger partial charge in [-0.15, -0.1) is 0 Å². The second-order valence-corrected chi connectivity index (χ2v) is 7.30. The van der Waals surface area contributed by atoms with Crippen LogP contribution in [0.2, 0.25) is 0 Å². The number of carbonyl (C=O) groups excluding carboxylic acids is 1. The summed E-state index contributed by atoms with van der Waals surface area (Å²) < 4.78 is 26.9. The molecule has 0 radical (unpaired) electrons. The van der Waals surface area contributed by atoms with Crippen LogP contribution in [-0.2, 0) is 14.8 Å². The van der Waals surface area contributed by atoms with E-state index in [1.165, 1.54) is 4.31 Å². The summed E-state index contributed by atoms with van der Waals surface area (Å²) in [6.07, 6.45) is -0.163. The first kappa shape index (κ1) is 16.5. The van der Waals surface area contributed by atoms with Crippen LogP contribution >= 0.6 is 0 Å². The van der Waals surface area contributed by atoms with Crippen molar-refractivity contribution in [3.05, 3.63) is 29.3 Å². The van der Waals surface area contributed by atoms with Gasteiger partial charge in [0.05, 0.1) is 11.0 Å². The Hall–Kier alpha value is -1.91. The molecule has 0 unspecified atom stereocenters. The normalized spacial score (nSPS) is 16.3. The first-order chi connectivity index (χ1) is 10.4. The van der Waals surface area contributed by atoms with Crippen molar-refractivity contribution in [1.82, 2.24) is 9.21 Å². The minimum absolute atomic E-state index is 0.163. The number of nitriles is 1. The molecule has 7 heteroatoms. The summed E-state index contributed by atoms with van der Waals surface area (Å²) >= 11 is 0. The second kappa shape index (κ2) is 6.46. The highest BCUT2D eigenvalue weighted by molar-refractivity contribution is 7.89. The van der Waals surface area contributed by atoms with Gasteiger partial charge in [0.15, 0.2) is 0 Å². The second-order valence-electron chi connectivity index (χ2n) is 5.39. The van der Waals surface area contributed by atoms with Crippen LogP contribution in [-0.4, -0.2) is 49.7 Å². The van der Waals surface area contributed by atoms with Crippen molar-refractivity contribution in [2.75, 3.05) is 26.2 Å². The zero-order valence-corrected chi connectivity index (χ0v) is 13.6. The molecule has 0 N–H and O–H groups in total. The minimum atomic E-state index is -3.55. The molecule has 0 atom stereocenters. The lowest BCUT2D eigenvalue weighted by atomic mass is 10.2. The van der Waals surface area contributed by atoms with Gasteiger partial charge in [0, 0.05) is 26.2 Å². The number of hydrogen-bond acceptors (Lipinski definition) is 4. The fourth-order valence-electron chi connectivity index (χ4n) is 2.48. The molecule has 0 spiro atoms. The summed E-state index contributed by atoms with van der Waals surface area (Å²) in [5.74, 6) is -0.244. The van der Waals surface area contributed by atoms with Gasteiger partial charge in [0.2, 0.25) is 15.9 Å². The molecular weight excluding hydrogens is 302 g/mol. The third-order valence-corrected chi connectivity index (χ3v) is 5.82. The summed E-state index contributed by atoms with van der Waals surface area (Å²) in [7, 11) is -3.55. The monoisotopic (exact) mass is 321 g/mol. The van der Waals surface area contributed by atoms with Crippen LogP contribution in [0.1, 0.15) is 17.5 Å². The summed E-state index contributed by atoms with van der Waals surface area (Å²) in [6.45, 7) is 4.80. The van der Waals surface area contributed by atoms with Crippen molar-refractivity contribution >= 4 is 15.9 Å². The third-order valence-electron chi connectivity index (χ3n) is 3.78. The number of hydrogen-bond donors (Lipinski definition) is 0. The molecular formula is C15H19N3O3S. The Balaban J connectivity index is 2.15. The Bertz CT molecular complexity index is 714. The summed E-state index contributed by atoms with van der Waals surface area (Å²) in [6, 6.07) is 7.18. The molecule has 0 aliphatic carbocycles. The fraction of sp³-hybridized carbons (Fsp3) is 0.467. The van der Waals surface area contributed by atoms with Crippen molar-refractivity contribution in [3.8, 4) is 6.07 Å². The van der Waals surface area contributed by atoms with Gasteiger partial charge >= 0.3 is 0 Å². The SMILES string of the molecule is Cc1ccc(C)c(S(=O)(=O)N2CCN(C(=O)CC#N)CC2)c1. The molecule has 1 aliphatic rings. The largest absolute Gasteiger partial charge is 0.339 e. The molecule has 1 aromatic carbocycles. The summed E-state index contributed by atoms with van der Waals surface area (Å²) in [5, 5.41) is 8.55. The third kappa shape index (κ3) is 3.29. The molecule has 0 bridgehead atoms. The predicted molar refractivity (Wildman–Crippen MR) is 81.5 cm³/mol. The van der Waals surface area contributed by atoms with Gasteiger partial charge in [0.1, 0.15) is 6.42 Å². The van der Waals surface area contributed by atoms with Crippen LogP contribution in [0.4, 0.5) is 0 Å². The maximum absolute atomic E-state index is 12.7. The molecule has 0 aromatic heterocycles. The van der Waals surface area contributed by atoms with E-state index in [-0.39, 0.29) is 25.4 Å². The van der Waals surface area contributed by atoms with Crippen molar-refractivity contribution in [1.29, 1.82) is 5.26 Å². The number of benzene rings is 1. The molecule has 118 valence electrons. The smallest absolute Gasteiger partial charge is 0.243 e. The van der Waals surface area contributed by atoms with Crippen LogP contribution < -0.4 is 0 Å². The molecule has 1 heterocycles. The van der Waals surface area contributed by atoms with Crippen molar-refractivity contribution in [3.63, 3.8) is 0 Å². The van der Waals surface area contributed by atoms with E-state index >= 15 is 0 Å². The van der Waals surface area contributed by atoms with E-state index < -0.39 is 10.0 Å². The number of carbonyl (C=O) groups is 1. The number of piperazine rings is 1. The van der Waals surface area contributed by atoms with E-state index in [4.69, 9.17) is 5.26 Å². The van der Waals surface area contributed by atoms with Gasteiger partial charge in [-0.3, -0.25) is 4.79 Å². The predicted octanol–water partition coefficient (Wildman–Crippen LogP) is 1.05. The van der Waals surface area contributed by atoms with Gasteiger partial charge < -0.3 is 4.90 Å². The first-order valence-corrected chi connectivity index (χ1v) is 8.52. The molecule has 6 nitrogen and oxygen atoms in total. The van der Waals surface area contributed by atoms with Gasteiger partial charge in [-0.2, -0.15) is 9.57 Å². The molecule has 2 rings (SSSR count). The molecule has 1 aromatic rings. The summed E-state index contributed by atoms with van der Waals surface area (Å²) in [4.78, 5) is 13.5. The van der Waals surface area contributed by atoms with Crippen molar-refractivity contribution in [2.24, 2.45) is 0 Å². The van der Waals surface area contributed by atoms with E-state index in [0.29, 0.717) is 23.5 Å². The van der Waals surface area contributed by atoms with E-state index in [1.54, 1.807) is 24.0 Å². The Kier molecular flexibility index (Phi) is 4.84. The molecule has 22 heavy (non-hydrogen) atoms. The molecule has 1 fully saturated rings. The lowest BCUT2D eigenvalue weighted by Crippen LogP contribution is -2.50. The Morgan fingerprint density at radius 3 is 2.45 bits per heavy atom. The summed E-state index contributed by atoms with van der Waals surface area (Å²) in [5.41, 5.74) is 1.61. The number of aryl methyl sites for hydroxylation is 2. The van der Waals surface area contributed by atoms with Crippen LogP contribution in [0.3, 0.4) is 0 Å². The van der Waals surface area contributed by atoms with Crippen LogP contribution in [0.15, 0.2) is 23.1 Å². The number of nitrogens with zero attached hydrogens (tertiary/aromatic N) is 3. The highest BCUT2D eigenvalue weighted by Crippen LogP contribution is 2.22. The van der Waals surface area contributed by atoms with E-state index in [2.05, 4.69) is 0 Å². The zero-order valence-electron chi connectivity index (χ0n) is 12.7. The lowest BCUT2D eigenvalue weighted by molar-refractivity contribution is -0.131. The number of sulfonamides is 1. The Morgan fingerprint density at radius 1 is 1.23 bits per heavy atom. The maximum Gasteiger partial charge on any atom is 0.243 e. The highest BCUT2D eigenvalue weighted by Gasteiger charge is 2.30. The standard InChI is InChI=1S/C15H19N3O3S/c1-12-3-4-13(2)14(11-12)22(20,21)18-9-7-17(8-10-18)15(19)5-6-16/h3-4,11H,5,7-10H2,1-2H3. The molecule has 1 aliphatic heterocycles. The molecule has 1 saturated heterocycles. The van der Waals surface area contributed by atoms with Gasteiger partial charge in [-0.05, 0) is 31.0 Å². The van der Waals surface area contributed by atoms with E-state index in [0.717, 1.165) is 5.56 Å². The van der Waals surface area contributed by atoms with Gasteiger partial charge in [-0.25, -0.2) is 8.42 Å². The van der Waals surface area contributed by atoms with Gasteiger partial charge in [-0.1, -0.05) is 12.1 Å². The molecule has 0 saturated carbocycles. The van der Waals surface area contributed by atoms with Gasteiger partial charge in [0.25, 0.3) is 0 Å². The number of rotatable bonds is 3. The van der Waals surface area contributed by atoms with Crippen molar-refractivity contribution < 1.29 is 13.2 Å². The first-order valence-electron chi connectivity index (χ1n) is 7.08. The Labute approximate surface area is 131 Å². The average Bonchev–Trinajstić information content (AvgIpc) is 2.50. The van der Waals surface area contributed by atoms with Crippen molar-refractivity contribution in [2.45, 2.75) is 25.2 Å². The average molecular weight is 321 g/mol. The Morgan fingerprint density at radius 2 is 1.86 bits per heavy atom. The number of amides is 1. The molecule has 1 amide bonds. The minimum Gasteiger partial charge on any atom is -0.339 e. The topological polar surface area (TPSA) is 81.5 Å². The van der Waals surface area contributed by atoms with Crippen LogP contribution in [0.5, 0.6) is 0 Å². The lowest BCUT2D eigenvalue weighted by Gasteiger charge is -2.34. The van der Waals surface area contributed by atoms with E-state index in [1.807, 2.05) is 19.1 Å². The van der Waals surface area contributed by atoms with Crippen LogP contribution in [0.25, 0.3) is 0 Å². The quantitative estimate of drug-likeness (QED) is 0.833. The highest BCUT2D eigenvalue weighted by atomic mass is 32.2. The maximum atomic E-state index is 12.7. The zero-order chi connectivity index (χ0) is 16.3. The van der Waals surface area contributed by atoms with Crippen LogP contribution in [0, 0.1) is 25.2 Å².